The number of halogens is 1. The van der Waals surface area contributed by atoms with E-state index in [1.807, 2.05) is 55.5 Å². The molecule has 47 heavy (non-hydrogen) atoms. The summed E-state index contributed by atoms with van der Waals surface area (Å²) in [6, 6.07) is 18.9. The van der Waals surface area contributed by atoms with Gasteiger partial charge < -0.3 is 15.5 Å². The molecule has 1 aliphatic heterocycles. The van der Waals surface area contributed by atoms with E-state index in [-0.39, 0.29) is 36.0 Å². The lowest BCUT2D eigenvalue weighted by molar-refractivity contribution is 0.404. The van der Waals surface area contributed by atoms with E-state index >= 15 is 4.39 Å². The van der Waals surface area contributed by atoms with Crippen LogP contribution in [0, 0.1) is 12.7 Å². The van der Waals surface area contributed by atoms with Crippen LogP contribution in [0.25, 0.3) is 33.4 Å². The largest absolute Gasteiger partial charge is 0.366 e. The van der Waals surface area contributed by atoms with Crippen LogP contribution in [0.3, 0.4) is 0 Å². The van der Waals surface area contributed by atoms with Crippen molar-refractivity contribution in [1.82, 2.24) is 34.8 Å². The molecule has 0 amide bonds. The van der Waals surface area contributed by atoms with Crippen molar-refractivity contribution in [3.05, 3.63) is 119 Å². The third-order valence-electron chi connectivity index (χ3n) is 8.43. The molecule has 5 heterocycles. The summed E-state index contributed by atoms with van der Waals surface area (Å²) < 4.78 is 17.0. The van der Waals surface area contributed by atoms with Crippen molar-refractivity contribution in [1.29, 1.82) is 0 Å². The van der Waals surface area contributed by atoms with E-state index in [2.05, 4.69) is 49.3 Å². The van der Waals surface area contributed by atoms with Crippen LogP contribution in [0.15, 0.2) is 96.6 Å². The van der Waals surface area contributed by atoms with E-state index in [0.29, 0.717) is 33.7 Å². The predicted molar refractivity (Wildman–Crippen MR) is 182 cm³/mol. The van der Waals surface area contributed by atoms with Gasteiger partial charge >= 0.3 is 0 Å². The van der Waals surface area contributed by atoms with Crippen LogP contribution in [0.2, 0.25) is 0 Å². The van der Waals surface area contributed by atoms with Crippen molar-refractivity contribution in [3.8, 4) is 22.4 Å². The molecule has 0 saturated carbocycles. The molecule has 0 aliphatic carbocycles. The topological polar surface area (TPSA) is 114 Å². The molecule has 1 aliphatic rings. The van der Waals surface area contributed by atoms with E-state index < -0.39 is 0 Å². The van der Waals surface area contributed by atoms with Crippen molar-refractivity contribution in [2.75, 3.05) is 23.3 Å². The quantitative estimate of drug-likeness (QED) is 0.229. The van der Waals surface area contributed by atoms with Gasteiger partial charge in [0.15, 0.2) is 0 Å². The third-order valence-corrected chi connectivity index (χ3v) is 8.43. The summed E-state index contributed by atoms with van der Waals surface area (Å²) in [5.41, 5.74) is 5.92. The lowest BCUT2D eigenvalue weighted by Crippen LogP contribution is -2.54. The maximum absolute atomic E-state index is 15.4. The molecule has 10 nitrogen and oxygen atoms in total. The van der Waals surface area contributed by atoms with Crippen molar-refractivity contribution in [2.45, 2.75) is 39.4 Å². The van der Waals surface area contributed by atoms with Crippen LogP contribution in [-0.4, -0.2) is 54.7 Å². The first-order chi connectivity index (χ1) is 22.8. The maximum Gasteiger partial charge on any atom is 0.260 e. The Labute approximate surface area is 271 Å². The van der Waals surface area contributed by atoms with E-state index in [9.17, 15) is 4.79 Å². The van der Waals surface area contributed by atoms with Gasteiger partial charge in [0, 0.05) is 77.7 Å². The highest BCUT2D eigenvalue weighted by Crippen LogP contribution is 2.28. The second-order valence-corrected chi connectivity index (χ2v) is 12.0. The van der Waals surface area contributed by atoms with Gasteiger partial charge in [-0.2, -0.15) is 4.98 Å². The van der Waals surface area contributed by atoms with Gasteiger partial charge in [0.25, 0.3) is 5.56 Å². The SMILES string of the molecule is Cc1ccccc1-c1cc2cnc(Nc3ccc(N4C[C@@H](C)N[C@@H](C)C4)c(F)c3)nc2n(Cc2cncnc2-c2ccncc2)c1=O. The summed E-state index contributed by atoms with van der Waals surface area (Å²) in [5.74, 6) is -0.0888. The highest BCUT2D eigenvalue weighted by Gasteiger charge is 2.23. The average Bonchev–Trinajstić information content (AvgIpc) is 3.07. The number of nitrogens with one attached hydrogen (secondary N) is 2. The highest BCUT2D eigenvalue weighted by atomic mass is 19.1. The molecule has 0 radical (unpaired) electrons. The summed E-state index contributed by atoms with van der Waals surface area (Å²) >= 11 is 0. The average molecular weight is 628 g/mol. The second-order valence-electron chi connectivity index (χ2n) is 12.0. The minimum atomic E-state index is -0.329. The Kier molecular flexibility index (Phi) is 8.13. The number of benzene rings is 2. The number of rotatable bonds is 7. The Morgan fingerprint density at radius 3 is 2.49 bits per heavy atom. The molecule has 4 aromatic heterocycles. The maximum atomic E-state index is 15.4. The zero-order chi connectivity index (χ0) is 32.5. The highest BCUT2D eigenvalue weighted by molar-refractivity contribution is 5.83. The fraction of sp³-hybridized carbons (Fsp3) is 0.222. The van der Waals surface area contributed by atoms with Gasteiger partial charge in [-0.3, -0.25) is 14.3 Å². The predicted octanol–water partition coefficient (Wildman–Crippen LogP) is 5.74. The number of anilines is 3. The van der Waals surface area contributed by atoms with Crippen LogP contribution in [0.5, 0.6) is 0 Å². The van der Waals surface area contributed by atoms with E-state index in [0.717, 1.165) is 35.3 Å². The molecule has 1 fully saturated rings. The Balaban J connectivity index is 1.29. The monoisotopic (exact) mass is 627 g/mol. The zero-order valence-corrected chi connectivity index (χ0v) is 26.4. The molecule has 0 bridgehead atoms. The van der Waals surface area contributed by atoms with E-state index in [1.54, 1.807) is 35.4 Å². The number of piperazine rings is 1. The zero-order valence-electron chi connectivity index (χ0n) is 26.4. The normalized spacial score (nSPS) is 16.4. The molecule has 2 aromatic carbocycles. The number of hydrogen-bond donors (Lipinski definition) is 2. The molecule has 1 saturated heterocycles. The van der Waals surface area contributed by atoms with Crippen molar-refractivity contribution < 1.29 is 4.39 Å². The number of aromatic nitrogens is 6. The second kappa shape index (κ2) is 12.7. The molecular formula is C36H34FN9O. The molecule has 2 atom stereocenters. The minimum Gasteiger partial charge on any atom is -0.366 e. The molecule has 7 rings (SSSR count). The van der Waals surface area contributed by atoms with Gasteiger partial charge in [-0.25, -0.2) is 19.3 Å². The van der Waals surface area contributed by atoms with Gasteiger partial charge in [-0.1, -0.05) is 24.3 Å². The third kappa shape index (κ3) is 6.17. The summed E-state index contributed by atoms with van der Waals surface area (Å²) in [4.78, 5) is 38.7. The summed E-state index contributed by atoms with van der Waals surface area (Å²) in [6.45, 7) is 7.78. The van der Waals surface area contributed by atoms with Gasteiger partial charge in [0.2, 0.25) is 5.95 Å². The Morgan fingerprint density at radius 2 is 1.72 bits per heavy atom. The van der Waals surface area contributed by atoms with Crippen LogP contribution in [0.4, 0.5) is 21.7 Å². The smallest absolute Gasteiger partial charge is 0.260 e. The molecule has 2 N–H and O–H groups in total. The molecule has 0 spiro atoms. The standard InChI is InChI=1S/C36H34FN9O/c1-22-6-4-5-7-29(22)30-14-26-17-40-36(43-28-8-9-32(31(37)15-28)45-18-23(2)42-24(3)19-45)44-34(26)46(35(30)47)20-27-16-39-21-41-33(27)25-10-12-38-13-11-25/h4-17,21,23-24,42H,18-20H2,1-3H3,(H,40,43,44)/t23-,24+. The lowest BCUT2D eigenvalue weighted by atomic mass is 10.0. The minimum absolute atomic E-state index is 0.162. The number of pyridine rings is 2. The van der Waals surface area contributed by atoms with Crippen molar-refractivity contribution in [2.24, 2.45) is 0 Å². The first-order valence-electron chi connectivity index (χ1n) is 15.6. The van der Waals surface area contributed by atoms with Crippen LogP contribution < -0.4 is 21.1 Å². The van der Waals surface area contributed by atoms with E-state index in [4.69, 9.17) is 4.98 Å². The fourth-order valence-electron chi connectivity index (χ4n) is 6.34. The Bertz CT molecular complexity index is 2130. The number of hydrogen-bond acceptors (Lipinski definition) is 9. The fourth-order valence-corrected chi connectivity index (χ4v) is 6.34. The van der Waals surface area contributed by atoms with E-state index in [1.165, 1.54) is 12.4 Å². The number of nitrogens with zero attached hydrogens (tertiary/aromatic N) is 7. The first kappa shape index (κ1) is 30.1. The van der Waals surface area contributed by atoms with Gasteiger partial charge in [0.05, 0.1) is 17.9 Å². The summed E-state index contributed by atoms with van der Waals surface area (Å²) in [6.07, 6.45) is 8.29. The molecule has 0 unspecified atom stereocenters. The molecule has 236 valence electrons. The van der Waals surface area contributed by atoms with Gasteiger partial charge in [0.1, 0.15) is 17.8 Å². The number of aryl methyl sites for hydroxylation is 1. The summed E-state index contributed by atoms with van der Waals surface area (Å²) in [5, 5.41) is 7.31. The lowest BCUT2D eigenvalue weighted by Gasteiger charge is -2.37. The van der Waals surface area contributed by atoms with Crippen LogP contribution in [0.1, 0.15) is 25.0 Å². The van der Waals surface area contributed by atoms with Crippen molar-refractivity contribution in [3.63, 3.8) is 0 Å². The first-order valence-corrected chi connectivity index (χ1v) is 15.6. The number of fused-ring (bicyclic) bond motifs is 1. The molecular weight excluding hydrogens is 593 g/mol. The van der Waals surface area contributed by atoms with Crippen LogP contribution in [-0.2, 0) is 6.54 Å². The van der Waals surface area contributed by atoms with Crippen LogP contribution >= 0.6 is 0 Å². The Hall–Kier alpha value is -5.55. The molecule has 6 aromatic rings. The molecule has 11 heteroatoms. The summed E-state index contributed by atoms with van der Waals surface area (Å²) in [7, 11) is 0. The van der Waals surface area contributed by atoms with Crippen molar-refractivity contribution >= 4 is 28.4 Å². The Morgan fingerprint density at radius 1 is 0.936 bits per heavy atom. The van der Waals surface area contributed by atoms with Gasteiger partial charge in [-0.05, 0) is 68.3 Å². The van der Waals surface area contributed by atoms with Gasteiger partial charge in [-0.15, -0.1) is 0 Å².